The van der Waals surface area contributed by atoms with Crippen molar-refractivity contribution in [3.8, 4) is 0 Å². The molecule has 1 atom stereocenters. The summed E-state index contributed by atoms with van der Waals surface area (Å²) in [6.07, 6.45) is 3.96. The average Bonchev–Trinajstić information content (AvgIpc) is 2.72. The Bertz CT molecular complexity index is 408. The molecule has 1 aromatic rings. The maximum atomic E-state index is 11.1. The van der Waals surface area contributed by atoms with Gasteiger partial charge in [0.1, 0.15) is 0 Å². The van der Waals surface area contributed by atoms with E-state index in [1.54, 1.807) is 0 Å². The highest BCUT2D eigenvalue weighted by molar-refractivity contribution is 5.73. The van der Waals surface area contributed by atoms with Gasteiger partial charge in [-0.25, -0.2) is 0 Å². The molecule has 1 aliphatic rings. The smallest absolute Gasteiger partial charge is 0.165 e. The molecule has 0 fully saturated rings. The molecule has 0 saturated heterocycles. The van der Waals surface area contributed by atoms with E-state index >= 15 is 0 Å². The van der Waals surface area contributed by atoms with Gasteiger partial charge in [0.05, 0.1) is 11.7 Å². The van der Waals surface area contributed by atoms with Crippen molar-refractivity contribution in [1.29, 1.82) is 0 Å². The Morgan fingerprint density at radius 3 is 2.65 bits per heavy atom. The highest BCUT2D eigenvalue weighted by Crippen LogP contribution is 2.34. The molecular formula is C15H19NO. The topological polar surface area (TPSA) is 20.3 Å². The number of benzene rings is 1. The summed E-state index contributed by atoms with van der Waals surface area (Å²) in [4.78, 5) is 13.3. The molecule has 2 rings (SSSR count). The van der Waals surface area contributed by atoms with Crippen molar-refractivity contribution < 1.29 is 4.79 Å². The van der Waals surface area contributed by atoms with Crippen LogP contribution >= 0.6 is 0 Å². The molecule has 0 radical (unpaired) electrons. The fraction of sp³-hybridized carbons (Fsp3) is 0.400. The van der Waals surface area contributed by atoms with Gasteiger partial charge in [0.15, 0.2) is 6.29 Å². The van der Waals surface area contributed by atoms with E-state index < -0.39 is 0 Å². The van der Waals surface area contributed by atoms with Crippen molar-refractivity contribution >= 4 is 6.29 Å². The molecule has 1 aromatic carbocycles. The van der Waals surface area contributed by atoms with E-state index in [2.05, 4.69) is 43.0 Å². The lowest BCUT2D eigenvalue weighted by atomic mass is 10.0. The molecule has 2 heteroatoms. The van der Waals surface area contributed by atoms with Crippen LogP contribution in [0.5, 0.6) is 0 Å². The molecule has 90 valence electrons. The van der Waals surface area contributed by atoms with Gasteiger partial charge < -0.3 is 4.90 Å². The molecule has 1 heterocycles. The average molecular weight is 229 g/mol. The molecule has 0 amide bonds. The number of aldehydes is 1. The summed E-state index contributed by atoms with van der Waals surface area (Å²) >= 11 is 0. The van der Waals surface area contributed by atoms with Crippen molar-refractivity contribution in [3.63, 3.8) is 0 Å². The van der Waals surface area contributed by atoms with Crippen molar-refractivity contribution in [2.24, 2.45) is 5.92 Å². The third-order valence-corrected chi connectivity index (χ3v) is 3.13. The molecule has 0 aromatic heterocycles. The van der Waals surface area contributed by atoms with Crippen LogP contribution in [-0.2, 0) is 4.79 Å². The fourth-order valence-electron chi connectivity index (χ4n) is 2.39. The van der Waals surface area contributed by atoms with E-state index in [0.717, 1.165) is 24.9 Å². The van der Waals surface area contributed by atoms with Gasteiger partial charge in [0, 0.05) is 6.54 Å². The summed E-state index contributed by atoms with van der Waals surface area (Å²) in [6, 6.07) is 10.8. The van der Waals surface area contributed by atoms with Crippen LogP contribution in [0.1, 0.15) is 31.9 Å². The molecule has 0 saturated carbocycles. The summed E-state index contributed by atoms with van der Waals surface area (Å²) in [6.45, 7) is 5.30. The second kappa shape index (κ2) is 5.17. The first-order valence-electron chi connectivity index (χ1n) is 6.19. The quantitative estimate of drug-likeness (QED) is 0.739. The molecule has 1 unspecified atom stereocenters. The van der Waals surface area contributed by atoms with Gasteiger partial charge in [0.25, 0.3) is 0 Å². The Hall–Kier alpha value is -1.57. The number of carbonyl (C=O) groups is 1. The first kappa shape index (κ1) is 11.9. The first-order valence-corrected chi connectivity index (χ1v) is 6.19. The molecule has 0 spiro atoms. The maximum Gasteiger partial charge on any atom is 0.165 e. The van der Waals surface area contributed by atoms with Gasteiger partial charge in [-0.15, -0.1) is 0 Å². The van der Waals surface area contributed by atoms with Crippen LogP contribution in [0.2, 0.25) is 0 Å². The Morgan fingerprint density at radius 1 is 1.35 bits per heavy atom. The van der Waals surface area contributed by atoms with E-state index in [-0.39, 0.29) is 0 Å². The predicted molar refractivity (Wildman–Crippen MR) is 69.5 cm³/mol. The zero-order valence-corrected chi connectivity index (χ0v) is 10.5. The highest BCUT2D eigenvalue weighted by atomic mass is 16.1. The van der Waals surface area contributed by atoms with Crippen LogP contribution < -0.4 is 0 Å². The fourth-order valence-corrected chi connectivity index (χ4v) is 2.39. The standard InChI is InChI=1S/C15H19NO/c1-12(2)10-16-14(11-17)8-9-15(16)13-6-4-3-5-7-13/h3-8,11-12,15H,9-10H2,1-2H3. The molecule has 0 bridgehead atoms. The summed E-state index contributed by atoms with van der Waals surface area (Å²) in [5, 5.41) is 0. The summed E-state index contributed by atoms with van der Waals surface area (Å²) in [7, 11) is 0. The highest BCUT2D eigenvalue weighted by Gasteiger charge is 2.27. The number of hydrogen-bond acceptors (Lipinski definition) is 2. The zero-order valence-electron chi connectivity index (χ0n) is 10.5. The number of rotatable bonds is 4. The number of hydrogen-bond donors (Lipinski definition) is 0. The maximum absolute atomic E-state index is 11.1. The summed E-state index contributed by atoms with van der Waals surface area (Å²) < 4.78 is 0. The van der Waals surface area contributed by atoms with E-state index in [1.807, 2.05) is 12.1 Å². The zero-order chi connectivity index (χ0) is 12.3. The van der Waals surface area contributed by atoms with Crippen LogP contribution in [0.3, 0.4) is 0 Å². The van der Waals surface area contributed by atoms with Gasteiger partial charge in [-0.3, -0.25) is 4.79 Å². The number of nitrogens with zero attached hydrogens (tertiary/aromatic N) is 1. The van der Waals surface area contributed by atoms with E-state index in [4.69, 9.17) is 0 Å². The van der Waals surface area contributed by atoms with Crippen molar-refractivity contribution in [2.45, 2.75) is 26.3 Å². The van der Waals surface area contributed by atoms with Crippen molar-refractivity contribution in [3.05, 3.63) is 47.7 Å². The van der Waals surface area contributed by atoms with E-state index in [1.165, 1.54) is 5.56 Å². The Labute approximate surface area is 103 Å². The van der Waals surface area contributed by atoms with Gasteiger partial charge in [0.2, 0.25) is 0 Å². The minimum Gasteiger partial charge on any atom is -0.362 e. The van der Waals surface area contributed by atoms with Gasteiger partial charge in [-0.05, 0) is 17.9 Å². The SMILES string of the molecule is CC(C)CN1C(C=O)=CCC1c1ccccc1. The Morgan fingerprint density at radius 2 is 2.06 bits per heavy atom. The Kier molecular flexibility index (Phi) is 3.62. The molecule has 2 nitrogen and oxygen atoms in total. The van der Waals surface area contributed by atoms with Gasteiger partial charge in [-0.2, -0.15) is 0 Å². The second-order valence-corrected chi connectivity index (χ2v) is 4.96. The van der Waals surface area contributed by atoms with Crippen molar-refractivity contribution in [1.82, 2.24) is 4.90 Å². The lowest BCUT2D eigenvalue weighted by molar-refractivity contribution is -0.106. The third-order valence-electron chi connectivity index (χ3n) is 3.13. The van der Waals surface area contributed by atoms with Crippen LogP contribution in [0, 0.1) is 5.92 Å². The summed E-state index contributed by atoms with van der Waals surface area (Å²) in [5.74, 6) is 0.558. The summed E-state index contributed by atoms with van der Waals surface area (Å²) in [5.41, 5.74) is 2.13. The molecular weight excluding hydrogens is 210 g/mol. The number of carbonyl (C=O) groups excluding carboxylic acids is 1. The van der Waals surface area contributed by atoms with Crippen LogP contribution in [-0.4, -0.2) is 17.7 Å². The number of allylic oxidation sites excluding steroid dienone is 1. The lowest BCUT2D eigenvalue weighted by Crippen LogP contribution is -2.28. The second-order valence-electron chi connectivity index (χ2n) is 4.96. The monoisotopic (exact) mass is 229 g/mol. The lowest BCUT2D eigenvalue weighted by Gasteiger charge is -2.30. The molecule has 0 N–H and O–H groups in total. The predicted octanol–water partition coefficient (Wildman–Crippen LogP) is 3.17. The first-order chi connectivity index (χ1) is 8.22. The van der Waals surface area contributed by atoms with Gasteiger partial charge in [-0.1, -0.05) is 50.3 Å². The Balaban J connectivity index is 2.21. The van der Waals surface area contributed by atoms with Crippen LogP contribution in [0.15, 0.2) is 42.1 Å². The molecule has 17 heavy (non-hydrogen) atoms. The van der Waals surface area contributed by atoms with Crippen LogP contribution in [0.4, 0.5) is 0 Å². The van der Waals surface area contributed by atoms with Crippen LogP contribution in [0.25, 0.3) is 0 Å². The van der Waals surface area contributed by atoms with E-state index in [9.17, 15) is 4.79 Å². The minimum absolute atomic E-state index is 0.332. The normalized spacial score (nSPS) is 19.6. The molecule has 1 aliphatic heterocycles. The van der Waals surface area contributed by atoms with Crippen molar-refractivity contribution in [2.75, 3.05) is 6.54 Å². The van der Waals surface area contributed by atoms with E-state index in [0.29, 0.717) is 12.0 Å². The minimum atomic E-state index is 0.332. The molecule has 0 aliphatic carbocycles. The third kappa shape index (κ3) is 2.57. The largest absolute Gasteiger partial charge is 0.362 e. The van der Waals surface area contributed by atoms with Gasteiger partial charge >= 0.3 is 0 Å².